The van der Waals surface area contributed by atoms with Crippen molar-refractivity contribution in [3.05, 3.63) is 47.2 Å². The number of aromatic hydroxyl groups is 1. The Balaban J connectivity index is 2.01. The number of pyridine rings is 1. The summed E-state index contributed by atoms with van der Waals surface area (Å²) in [5.41, 5.74) is 7.20. The zero-order valence-corrected chi connectivity index (χ0v) is 10.7. The van der Waals surface area contributed by atoms with Gasteiger partial charge in [0.2, 0.25) is 5.91 Å². The van der Waals surface area contributed by atoms with Gasteiger partial charge in [0.05, 0.1) is 23.3 Å². The molecule has 2 rings (SSSR count). The number of halogens is 1. The van der Waals surface area contributed by atoms with Gasteiger partial charge in [-0.1, -0.05) is 11.6 Å². The van der Waals surface area contributed by atoms with Gasteiger partial charge < -0.3 is 16.2 Å². The molecule has 5 nitrogen and oxygen atoms in total. The number of aromatic nitrogens is 1. The molecule has 6 heteroatoms. The minimum atomic E-state index is -0.223. The fraction of sp³-hybridized carbons (Fsp3) is 0.0769. The number of amides is 1. The molecule has 0 saturated heterocycles. The van der Waals surface area contributed by atoms with Gasteiger partial charge in [-0.05, 0) is 30.3 Å². The molecule has 0 radical (unpaired) electrons. The Bertz CT molecular complexity index is 599. The van der Waals surface area contributed by atoms with Crippen LogP contribution in [0.15, 0.2) is 36.5 Å². The molecular formula is C13H12ClN3O2. The number of nitrogens with zero attached hydrogens (tertiary/aromatic N) is 1. The standard InChI is InChI=1S/C13H12ClN3O2/c14-11-5-10(3-4-12(11)18)17-13(19)6-9-2-1-8(15)7-16-9/h1-5,7,18H,6,15H2,(H,17,19). The molecule has 0 aliphatic heterocycles. The van der Waals surface area contributed by atoms with Crippen molar-refractivity contribution in [1.82, 2.24) is 4.98 Å². The van der Waals surface area contributed by atoms with Gasteiger partial charge in [0, 0.05) is 11.4 Å². The maximum absolute atomic E-state index is 11.8. The van der Waals surface area contributed by atoms with Crippen LogP contribution in [-0.2, 0) is 11.2 Å². The molecule has 0 fully saturated rings. The molecule has 0 saturated carbocycles. The predicted molar refractivity (Wildman–Crippen MR) is 74.1 cm³/mol. The van der Waals surface area contributed by atoms with Gasteiger partial charge in [-0.25, -0.2) is 0 Å². The number of nitrogen functional groups attached to an aromatic ring is 1. The average molecular weight is 278 g/mol. The monoisotopic (exact) mass is 277 g/mol. The van der Waals surface area contributed by atoms with Crippen LogP contribution in [0.4, 0.5) is 11.4 Å². The van der Waals surface area contributed by atoms with Crippen LogP contribution in [0, 0.1) is 0 Å². The fourth-order valence-electron chi connectivity index (χ4n) is 1.49. The van der Waals surface area contributed by atoms with Gasteiger partial charge in [0.1, 0.15) is 5.75 Å². The molecule has 1 aromatic heterocycles. The molecule has 2 aromatic rings. The number of nitrogens with one attached hydrogen (secondary N) is 1. The summed E-state index contributed by atoms with van der Waals surface area (Å²) >= 11 is 5.75. The normalized spacial score (nSPS) is 10.2. The van der Waals surface area contributed by atoms with Crippen LogP contribution < -0.4 is 11.1 Å². The fourth-order valence-corrected chi connectivity index (χ4v) is 1.68. The van der Waals surface area contributed by atoms with Gasteiger partial charge in [-0.15, -0.1) is 0 Å². The van der Waals surface area contributed by atoms with Crippen LogP contribution in [0.5, 0.6) is 5.75 Å². The summed E-state index contributed by atoms with van der Waals surface area (Å²) in [6.45, 7) is 0. The SMILES string of the molecule is Nc1ccc(CC(=O)Nc2ccc(O)c(Cl)c2)nc1. The first-order valence-electron chi connectivity index (χ1n) is 5.53. The number of benzene rings is 1. The average Bonchev–Trinajstić information content (AvgIpc) is 2.37. The largest absolute Gasteiger partial charge is 0.506 e. The number of phenols is 1. The van der Waals surface area contributed by atoms with Crippen molar-refractivity contribution < 1.29 is 9.90 Å². The molecular weight excluding hydrogens is 266 g/mol. The van der Waals surface area contributed by atoms with Crippen molar-refractivity contribution >= 4 is 28.9 Å². The molecule has 1 amide bonds. The second-order valence-corrected chi connectivity index (χ2v) is 4.38. The maximum atomic E-state index is 11.8. The molecule has 0 unspecified atom stereocenters. The van der Waals surface area contributed by atoms with Gasteiger partial charge >= 0.3 is 0 Å². The molecule has 0 aliphatic carbocycles. The molecule has 0 spiro atoms. The first kappa shape index (κ1) is 13.2. The Morgan fingerprint density at radius 1 is 1.37 bits per heavy atom. The number of carbonyl (C=O) groups excluding carboxylic acids is 1. The minimum Gasteiger partial charge on any atom is -0.506 e. The van der Waals surface area contributed by atoms with E-state index in [1.807, 2.05) is 0 Å². The third-order valence-electron chi connectivity index (χ3n) is 2.42. The molecule has 0 aliphatic rings. The number of rotatable bonds is 3. The number of nitrogens with two attached hydrogens (primary N) is 1. The summed E-state index contributed by atoms with van der Waals surface area (Å²) in [4.78, 5) is 15.8. The highest BCUT2D eigenvalue weighted by Crippen LogP contribution is 2.26. The molecule has 1 aromatic carbocycles. The summed E-state index contributed by atoms with van der Waals surface area (Å²) in [6.07, 6.45) is 1.64. The zero-order chi connectivity index (χ0) is 13.8. The highest BCUT2D eigenvalue weighted by Gasteiger charge is 2.06. The lowest BCUT2D eigenvalue weighted by Crippen LogP contribution is -2.15. The van der Waals surface area contributed by atoms with Crippen LogP contribution in [0.3, 0.4) is 0 Å². The van der Waals surface area contributed by atoms with Crippen molar-refractivity contribution in [3.63, 3.8) is 0 Å². The van der Waals surface area contributed by atoms with E-state index < -0.39 is 0 Å². The first-order valence-corrected chi connectivity index (χ1v) is 5.91. The smallest absolute Gasteiger partial charge is 0.230 e. The number of anilines is 2. The summed E-state index contributed by atoms with van der Waals surface area (Å²) in [5.74, 6) is -0.251. The molecule has 19 heavy (non-hydrogen) atoms. The topological polar surface area (TPSA) is 88.2 Å². The number of hydrogen-bond donors (Lipinski definition) is 3. The molecule has 98 valence electrons. The Hall–Kier alpha value is -2.27. The van der Waals surface area contributed by atoms with Crippen LogP contribution in [0.25, 0.3) is 0 Å². The molecule has 0 bridgehead atoms. The number of carbonyl (C=O) groups is 1. The zero-order valence-electron chi connectivity index (χ0n) is 9.93. The van der Waals surface area contributed by atoms with Crippen LogP contribution in [-0.4, -0.2) is 16.0 Å². The van der Waals surface area contributed by atoms with E-state index in [1.54, 1.807) is 18.2 Å². The van der Waals surface area contributed by atoms with Crippen LogP contribution in [0.1, 0.15) is 5.69 Å². The third-order valence-corrected chi connectivity index (χ3v) is 2.72. The predicted octanol–water partition coefficient (Wildman–Crippen LogP) is 2.20. The lowest BCUT2D eigenvalue weighted by molar-refractivity contribution is -0.115. The second-order valence-electron chi connectivity index (χ2n) is 3.97. The molecule has 1 heterocycles. The van der Waals surface area contributed by atoms with E-state index in [0.717, 1.165) is 0 Å². The van der Waals surface area contributed by atoms with Crippen molar-refractivity contribution in [1.29, 1.82) is 0 Å². The van der Waals surface area contributed by atoms with E-state index >= 15 is 0 Å². The minimum absolute atomic E-state index is 0.0279. The van der Waals surface area contributed by atoms with Gasteiger partial charge in [0.15, 0.2) is 0 Å². The lowest BCUT2D eigenvalue weighted by Gasteiger charge is -2.06. The first-order chi connectivity index (χ1) is 9.04. The van der Waals surface area contributed by atoms with E-state index in [-0.39, 0.29) is 23.1 Å². The summed E-state index contributed by atoms with van der Waals surface area (Å²) in [5, 5.41) is 12.1. The van der Waals surface area contributed by atoms with E-state index in [4.69, 9.17) is 17.3 Å². The van der Waals surface area contributed by atoms with E-state index in [0.29, 0.717) is 17.1 Å². The highest BCUT2D eigenvalue weighted by atomic mass is 35.5. The summed E-state index contributed by atoms with van der Waals surface area (Å²) in [7, 11) is 0. The summed E-state index contributed by atoms with van der Waals surface area (Å²) < 4.78 is 0. The molecule has 0 atom stereocenters. The Kier molecular flexibility index (Phi) is 3.87. The number of phenolic OH excluding ortho intramolecular Hbond substituents is 1. The van der Waals surface area contributed by atoms with Gasteiger partial charge in [0.25, 0.3) is 0 Å². The van der Waals surface area contributed by atoms with Crippen molar-refractivity contribution in [2.75, 3.05) is 11.1 Å². The van der Waals surface area contributed by atoms with Gasteiger partial charge in [-0.2, -0.15) is 0 Å². The highest BCUT2D eigenvalue weighted by molar-refractivity contribution is 6.32. The van der Waals surface area contributed by atoms with Crippen molar-refractivity contribution in [2.45, 2.75) is 6.42 Å². The lowest BCUT2D eigenvalue weighted by atomic mass is 10.2. The van der Waals surface area contributed by atoms with Crippen molar-refractivity contribution in [2.24, 2.45) is 0 Å². The van der Waals surface area contributed by atoms with E-state index in [1.165, 1.54) is 18.3 Å². The second kappa shape index (κ2) is 5.58. The quantitative estimate of drug-likeness (QED) is 0.751. The third kappa shape index (κ3) is 3.59. The Labute approximate surface area is 115 Å². The number of hydrogen-bond acceptors (Lipinski definition) is 4. The Morgan fingerprint density at radius 2 is 2.16 bits per heavy atom. The maximum Gasteiger partial charge on any atom is 0.230 e. The summed E-state index contributed by atoms with van der Waals surface area (Å²) in [6, 6.07) is 7.84. The van der Waals surface area contributed by atoms with E-state index in [2.05, 4.69) is 10.3 Å². The van der Waals surface area contributed by atoms with Crippen LogP contribution >= 0.6 is 11.6 Å². The van der Waals surface area contributed by atoms with Crippen LogP contribution in [0.2, 0.25) is 5.02 Å². The molecule has 4 N–H and O–H groups in total. The Morgan fingerprint density at radius 3 is 2.79 bits per heavy atom. The van der Waals surface area contributed by atoms with Gasteiger partial charge in [-0.3, -0.25) is 9.78 Å². The van der Waals surface area contributed by atoms with E-state index in [9.17, 15) is 9.90 Å². The van der Waals surface area contributed by atoms with Crippen molar-refractivity contribution in [3.8, 4) is 5.75 Å².